The number of para-hydroxylation sites is 1. The van der Waals surface area contributed by atoms with E-state index in [1.165, 1.54) is 0 Å². The number of hydrogen-bond donors (Lipinski definition) is 2. The summed E-state index contributed by atoms with van der Waals surface area (Å²) in [7, 11) is 1.65. The van der Waals surface area contributed by atoms with Crippen LogP contribution >= 0.6 is 0 Å². The van der Waals surface area contributed by atoms with Crippen molar-refractivity contribution in [1.82, 2.24) is 5.43 Å². The summed E-state index contributed by atoms with van der Waals surface area (Å²) in [6.07, 6.45) is 0. The summed E-state index contributed by atoms with van der Waals surface area (Å²) >= 11 is 0. The molecule has 4 heteroatoms. The minimum absolute atomic E-state index is 0.187. The van der Waals surface area contributed by atoms with Gasteiger partial charge < -0.3 is 9.15 Å². The molecule has 2 aromatic carbocycles. The maximum atomic E-state index is 5.86. The second kappa shape index (κ2) is 5.36. The van der Waals surface area contributed by atoms with Crippen molar-refractivity contribution >= 4 is 11.0 Å². The number of hydrazine groups is 1. The predicted molar refractivity (Wildman–Crippen MR) is 78.4 cm³/mol. The molecule has 0 bridgehead atoms. The fraction of sp³-hybridized carbons (Fsp3) is 0.125. The van der Waals surface area contributed by atoms with Gasteiger partial charge in [0, 0.05) is 5.39 Å². The molecule has 1 unspecified atom stereocenters. The normalized spacial score (nSPS) is 12.5. The number of nitrogens with two attached hydrogens (primary N) is 1. The first-order chi connectivity index (χ1) is 9.81. The number of furan rings is 1. The smallest absolute Gasteiger partial charge is 0.134 e. The van der Waals surface area contributed by atoms with Gasteiger partial charge in [-0.05, 0) is 29.8 Å². The summed E-state index contributed by atoms with van der Waals surface area (Å²) in [6, 6.07) is 17.5. The van der Waals surface area contributed by atoms with Crippen molar-refractivity contribution in [3.05, 3.63) is 65.9 Å². The monoisotopic (exact) mass is 268 g/mol. The predicted octanol–water partition coefficient (Wildman–Crippen LogP) is 2.99. The molecule has 0 saturated carbocycles. The molecule has 0 aliphatic rings. The molecule has 0 fully saturated rings. The molecule has 0 aliphatic heterocycles. The van der Waals surface area contributed by atoms with Gasteiger partial charge in [0.05, 0.1) is 7.11 Å². The van der Waals surface area contributed by atoms with E-state index in [-0.39, 0.29) is 6.04 Å². The minimum atomic E-state index is -0.187. The zero-order chi connectivity index (χ0) is 13.9. The van der Waals surface area contributed by atoms with Gasteiger partial charge >= 0.3 is 0 Å². The van der Waals surface area contributed by atoms with Crippen LogP contribution in [-0.4, -0.2) is 7.11 Å². The molecule has 0 aliphatic carbocycles. The summed E-state index contributed by atoms with van der Waals surface area (Å²) < 4.78 is 11.0. The SMILES string of the molecule is COc1ccc(C(NN)c2cc3ccccc3o2)cc1. The number of nitrogens with one attached hydrogen (secondary N) is 1. The lowest BCUT2D eigenvalue weighted by Crippen LogP contribution is -2.28. The van der Waals surface area contributed by atoms with Crippen LogP contribution in [0.1, 0.15) is 17.4 Å². The first kappa shape index (κ1) is 12.7. The quantitative estimate of drug-likeness (QED) is 0.564. The number of fused-ring (bicyclic) bond motifs is 1. The first-order valence-corrected chi connectivity index (χ1v) is 6.40. The van der Waals surface area contributed by atoms with Crippen molar-refractivity contribution in [2.75, 3.05) is 7.11 Å². The fourth-order valence-electron chi connectivity index (χ4n) is 2.28. The highest BCUT2D eigenvalue weighted by Crippen LogP contribution is 2.28. The van der Waals surface area contributed by atoms with Gasteiger partial charge in [-0.25, -0.2) is 5.43 Å². The van der Waals surface area contributed by atoms with E-state index in [0.29, 0.717) is 0 Å². The molecule has 0 radical (unpaired) electrons. The molecule has 1 atom stereocenters. The number of methoxy groups -OCH3 is 1. The van der Waals surface area contributed by atoms with Crippen molar-refractivity contribution in [2.45, 2.75) is 6.04 Å². The maximum absolute atomic E-state index is 5.86. The second-order valence-corrected chi connectivity index (χ2v) is 4.56. The van der Waals surface area contributed by atoms with Crippen molar-refractivity contribution in [2.24, 2.45) is 5.84 Å². The zero-order valence-electron chi connectivity index (χ0n) is 11.2. The molecular weight excluding hydrogens is 252 g/mol. The van der Waals surface area contributed by atoms with E-state index >= 15 is 0 Å². The van der Waals surface area contributed by atoms with Gasteiger partial charge in [0.15, 0.2) is 0 Å². The van der Waals surface area contributed by atoms with Crippen LogP contribution in [0.15, 0.2) is 59.0 Å². The van der Waals surface area contributed by atoms with Gasteiger partial charge in [-0.3, -0.25) is 5.84 Å². The fourth-order valence-corrected chi connectivity index (χ4v) is 2.28. The Kier molecular flexibility index (Phi) is 3.41. The van der Waals surface area contributed by atoms with Gasteiger partial charge in [-0.1, -0.05) is 30.3 Å². The molecule has 4 nitrogen and oxygen atoms in total. The molecule has 1 aromatic heterocycles. The van der Waals surface area contributed by atoms with Crippen molar-refractivity contribution < 1.29 is 9.15 Å². The van der Waals surface area contributed by atoms with Gasteiger partial charge in [-0.15, -0.1) is 0 Å². The van der Waals surface area contributed by atoms with Gasteiger partial charge in [0.1, 0.15) is 23.1 Å². The van der Waals surface area contributed by atoms with Crippen LogP contribution in [-0.2, 0) is 0 Å². The largest absolute Gasteiger partial charge is 0.497 e. The highest BCUT2D eigenvalue weighted by atomic mass is 16.5. The molecule has 0 amide bonds. The Morgan fingerprint density at radius 1 is 1.10 bits per heavy atom. The molecular formula is C16H16N2O2. The Labute approximate surface area is 117 Å². The lowest BCUT2D eigenvalue weighted by atomic mass is 10.0. The lowest BCUT2D eigenvalue weighted by Gasteiger charge is -2.14. The summed E-state index contributed by atoms with van der Waals surface area (Å²) in [5.74, 6) is 7.29. The van der Waals surface area contributed by atoms with E-state index in [9.17, 15) is 0 Å². The first-order valence-electron chi connectivity index (χ1n) is 6.40. The zero-order valence-corrected chi connectivity index (χ0v) is 11.2. The molecule has 3 rings (SSSR count). The van der Waals surface area contributed by atoms with Gasteiger partial charge in [0.25, 0.3) is 0 Å². The third kappa shape index (κ3) is 2.27. The van der Waals surface area contributed by atoms with Crippen molar-refractivity contribution in [1.29, 1.82) is 0 Å². The summed E-state index contributed by atoms with van der Waals surface area (Å²) in [5, 5.41) is 1.07. The van der Waals surface area contributed by atoms with Crippen LogP contribution in [0.5, 0.6) is 5.75 Å². The second-order valence-electron chi connectivity index (χ2n) is 4.56. The molecule has 20 heavy (non-hydrogen) atoms. The van der Waals surface area contributed by atoms with Crippen LogP contribution in [0.2, 0.25) is 0 Å². The lowest BCUT2D eigenvalue weighted by molar-refractivity contribution is 0.414. The summed E-state index contributed by atoms with van der Waals surface area (Å²) in [5.41, 5.74) is 4.68. The average molecular weight is 268 g/mol. The third-order valence-corrected chi connectivity index (χ3v) is 3.34. The van der Waals surface area contributed by atoms with Crippen LogP contribution in [0.4, 0.5) is 0 Å². The van der Waals surface area contributed by atoms with Crippen LogP contribution < -0.4 is 16.0 Å². The molecule has 102 valence electrons. The molecule has 0 spiro atoms. The Morgan fingerprint density at radius 2 is 1.85 bits per heavy atom. The number of benzene rings is 2. The van der Waals surface area contributed by atoms with E-state index < -0.39 is 0 Å². The Bertz CT molecular complexity index is 671. The minimum Gasteiger partial charge on any atom is -0.497 e. The van der Waals surface area contributed by atoms with Crippen molar-refractivity contribution in [3.63, 3.8) is 0 Å². The molecule has 3 aromatic rings. The van der Waals surface area contributed by atoms with Gasteiger partial charge in [0.2, 0.25) is 0 Å². The van der Waals surface area contributed by atoms with E-state index in [0.717, 1.165) is 28.0 Å². The van der Waals surface area contributed by atoms with Crippen LogP contribution in [0.25, 0.3) is 11.0 Å². The van der Waals surface area contributed by atoms with Crippen molar-refractivity contribution in [3.8, 4) is 5.75 Å². The standard InChI is InChI=1S/C16H16N2O2/c1-19-13-8-6-11(7-9-13)16(18-17)15-10-12-4-2-3-5-14(12)20-15/h2-10,16,18H,17H2,1H3. The van der Waals surface area contributed by atoms with E-state index in [1.54, 1.807) is 7.11 Å². The summed E-state index contributed by atoms with van der Waals surface area (Å²) in [4.78, 5) is 0. The third-order valence-electron chi connectivity index (χ3n) is 3.34. The number of hydrogen-bond acceptors (Lipinski definition) is 4. The highest BCUT2D eigenvalue weighted by Gasteiger charge is 2.17. The number of rotatable bonds is 4. The highest BCUT2D eigenvalue weighted by molar-refractivity contribution is 5.77. The molecule has 0 saturated heterocycles. The molecule has 1 heterocycles. The Balaban J connectivity index is 1.99. The topological polar surface area (TPSA) is 60.4 Å². The Hall–Kier alpha value is -2.30. The number of ether oxygens (including phenoxy) is 1. The Morgan fingerprint density at radius 3 is 2.50 bits per heavy atom. The molecule has 3 N–H and O–H groups in total. The van der Waals surface area contributed by atoms with Crippen LogP contribution in [0.3, 0.4) is 0 Å². The van der Waals surface area contributed by atoms with E-state index in [1.807, 2.05) is 54.6 Å². The average Bonchev–Trinajstić information content (AvgIpc) is 2.92. The van der Waals surface area contributed by atoms with E-state index in [2.05, 4.69) is 5.43 Å². The summed E-state index contributed by atoms with van der Waals surface area (Å²) in [6.45, 7) is 0. The maximum Gasteiger partial charge on any atom is 0.134 e. The van der Waals surface area contributed by atoms with E-state index in [4.69, 9.17) is 15.0 Å². The van der Waals surface area contributed by atoms with Crippen LogP contribution in [0, 0.1) is 0 Å². The van der Waals surface area contributed by atoms with Gasteiger partial charge in [-0.2, -0.15) is 0 Å².